The number of para-hydroxylation sites is 1. The summed E-state index contributed by atoms with van der Waals surface area (Å²) in [5.74, 6) is -0.463. The molecule has 0 bridgehead atoms. The Morgan fingerprint density at radius 1 is 1.21 bits per heavy atom. The standard InChI is InChI=1S/C14H19NO4/c1-2-9-15(10-8-14(17)18)13(16)11-19-12-6-4-3-5-7-12/h3-7H,2,8-11H2,1H3,(H,17,18). The summed E-state index contributed by atoms with van der Waals surface area (Å²) >= 11 is 0. The van der Waals surface area contributed by atoms with Crippen LogP contribution in [0.2, 0.25) is 0 Å². The zero-order valence-corrected chi connectivity index (χ0v) is 11.0. The van der Waals surface area contributed by atoms with Gasteiger partial charge in [0.15, 0.2) is 6.61 Å². The number of aliphatic carboxylic acids is 1. The van der Waals surface area contributed by atoms with Crippen LogP contribution >= 0.6 is 0 Å². The van der Waals surface area contributed by atoms with Crippen LogP contribution in [0.15, 0.2) is 30.3 Å². The molecule has 1 aromatic carbocycles. The second-order valence-electron chi connectivity index (χ2n) is 4.13. The predicted molar refractivity (Wildman–Crippen MR) is 71.1 cm³/mol. The average molecular weight is 265 g/mol. The Labute approximate surface area is 112 Å². The van der Waals surface area contributed by atoms with E-state index in [0.29, 0.717) is 12.3 Å². The molecule has 0 aliphatic rings. The van der Waals surface area contributed by atoms with Gasteiger partial charge in [0, 0.05) is 13.1 Å². The monoisotopic (exact) mass is 265 g/mol. The number of rotatable bonds is 8. The van der Waals surface area contributed by atoms with Crippen molar-refractivity contribution in [3.63, 3.8) is 0 Å². The van der Waals surface area contributed by atoms with E-state index in [2.05, 4.69) is 0 Å². The first kappa shape index (κ1) is 15.0. The SMILES string of the molecule is CCCN(CCC(=O)O)C(=O)COc1ccccc1. The lowest BCUT2D eigenvalue weighted by Crippen LogP contribution is -2.37. The summed E-state index contributed by atoms with van der Waals surface area (Å²) in [5.41, 5.74) is 0. The summed E-state index contributed by atoms with van der Waals surface area (Å²) in [7, 11) is 0. The van der Waals surface area contributed by atoms with Crippen LogP contribution in [0.3, 0.4) is 0 Å². The van der Waals surface area contributed by atoms with Crippen LogP contribution in [-0.2, 0) is 9.59 Å². The van der Waals surface area contributed by atoms with Crippen LogP contribution in [0.4, 0.5) is 0 Å². The highest BCUT2D eigenvalue weighted by Crippen LogP contribution is 2.08. The van der Waals surface area contributed by atoms with E-state index in [-0.39, 0.29) is 25.5 Å². The molecule has 1 N–H and O–H groups in total. The summed E-state index contributed by atoms with van der Waals surface area (Å²) in [4.78, 5) is 24.0. The molecule has 0 saturated heterocycles. The van der Waals surface area contributed by atoms with Crippen molar-refractivity contribution in [3.8, 4) is 5.75 Å². The van der Waals surface area contributed by atoms with Crippen LogP contribution in [0.1, 0.15) is 19.8 Å². The van der Waals surface area contributed by atoms with Gasteiger partial charge in [0.2, 0.25) is 0 Å². The Balaban J connectivity index is 2.45. The number of carbonyl (C=O) groups excluding carboxylic acids is 1. The average Bonchev–Trinajstić information content (AvgIpc) is 2.41. The van der Waals surface area contributed by atoms with Gasteiger partial charge in [0.25, 0.3) is 5.91 Å². The van der Waals surface area contributed by atoms with Crippen molar-refractivity contribution in [2.45, 2.75) is 19.8 Å². The lowest BCUT2D eigenvalue weighted by Gasteiger charge is -2.21. The van der Waals surface area contributed by atoms with Crippen molar-refractivity contribution in [2.24, 2.45) is 0 Å². The highest BCUT2D eigenvalue weighted by Gasteiger charge is 2.14. The largest absolute Gasteiger partial charge is 0.484 e. The number of carboxylic acids is 1. The molecule has 0 atom stereocenters. The molecule has 0 aliphatic carbocycles. The van der Waals surface area contributed by atoms with Crippen molar-refractivity contribution in [2.75, 3.05) is 19.7 Å². The third-order valence-electron chi connectivity index (χ3n) is 2.55. The van der Waals surface area contributed by atoms with Gasteiger partial charge >= 0.3 is 5.97 Å². The molecular formula is C14H19NO4. The molecule has 5 nitrogen and oxygen atoms in total. The van der Waals surface area contributed by atoms with Crippen LogP contribution in [0.25, 0.3) is 0 Å². The van der Waals surface area contributed by atoms with Gasteiger partial charge < -0.3 is 14.7 Å². The molecule has 1 aromatic rings. The molecular weight excluding hydrogens is 246 g/mol. The summed E-state index contributed by atoms with van der Waals surface area (Å²) in [6, 6.07) is 9.07. The van der Waals surface area contributed by atoms with E-state index in [1.54, 1.807) is 12.1 Å². The second-order valence-corrected chi connectivity index (χ2v) is 4.13. The molecule has 0 heterocycles. The summed E-state index contributed by atoms with van der Waals surface area (Å²) in [6.07, 6.45) is 0.744. The quantitative estimate of drug-likeness (QED) is 0.778. The third kappa shape index (κ3) is 5.90. The van der Waals surface area contributed by atoms with Gasteiger partial charge in [-0.3, -0.25) is 9.59 Å². The van der Waals surface area contributed by atoms with Gasteiger partial charge in [-0.15, -0.1) is 0 Å². The third-order valence-corrected chi connectivity index (χ3v) is 2.55. The molecule has 104 valence electrons. The number of nitrogens with zero attached hydrogens (tertiary/aromatic N) is 1. The lowest BCUT2D eigenvalue weighted by atomic mass is 10.3. The Bertz CT molecular complexity index is 405. The number of hydrogen-bond donors (Lipinski definition) is 1. The van der Waals surface area contributed by atoms with Crippen LogP contribution in [0, 0.1) is 0 Å². The van der Waals surface area contributed by atoms with Crippen molar-refractivity contribution in [1.82, 2.24) is 4.90 Å². The Morgan fingerprint density at radius 2 is 1.89 bits per heavy atom. The maximum absolute atomic E-state index is 11.9. The molecule has 0 unspecified atom stereocenters. The molecule has 19 heavy (non-hydrogen) atoms. The van der Waals surface area contributed by atoms with E-state index in [9.17, 15) is 9.59 Å². The van der Waals surface area contributed by atoms with Crippen LogP contribution in [0.5, 0.6) is 5.75 Å². The first-order valence-corrected chi connectivity index (χ1v) is 6.31. The predicted octanol–water partition coefficient (Wildman–Crippen LogP) is 1.78. The van der Waals surface area contributed by atoms with E-state index in [0.717, 1.165) is 6.42 Å². The second kappa shape index (κ2) is 8.13. The summed E-state index contributed by atoms with van der Waals surface area (Å²) in [5, 5.41) is 8.65. The summed E-state index contributed by atoms with van der Waals surface area (Å²) < 4.78 is 5.36. The molecule has 0 aromatic heterocycles. The number of ether oxygens (including phenoxy) is 1. The van der Waals surface area contributed by atoms with Gasteiger partial charge in [-0.05, 0) is 18.6 Å². The van der Waals surface area contributed by atoms with Crippen molar-refractivity contribution in [3.05, 3.63) is 30.3 Å². The Hall–Kier alpha value is -2.04. The van der Waals surface area contributed by atoms with Gasteiger partial charge in [0.05, 0.1) is 6.42 Å². The number of carbonyl (C=O) groups is 2. The van der Waals surface area contributed by atoms with Crippen molar-refractivity contribution in [1.29, 1.82) is 0 Å². The van der Waals surface area contributed by atoms with E-state index in [1.807, 2.05) is 25.1 Å². The molecule has 0 saturated carbocycles. The van der Waals surface area contributed by atoms with Gasteiger partial charge in [-0.1, -0.05) is 25.1 Å². The lowest BCUT2D eigenvalue weighted by molar-refractivity contribution is -0.139. The fourth-order valence-corrected chi connectivity index (χ4v) is 1.61. The molecule has 0 spiro atoms. The normalized spacial score (nSPS) is 9.95. The van der Waals surface area contributed by atoms with Crippen molar-refractivity contribution < 1.29 is 19.4 Å². The molecule has 1 amide bonds. The maximum atomic E-state index is 11.9. The van der Waals surface area contributed by atoms with E-state index >= 15 is 0 Å². The van der Waals surface area contributed by atoms with Gasteiger partial charge in [-0.2, -0.15) is 0 Å². The van der Waals surface area contributed by atoms with E-state index in [1.165, 1.54) is 4.90 Å². The minimum atomic E-state index is -0.905. The zero-order chi connectivity index (χ0) is 14.1. The number of amides is 1. The zero-order valence-electron chi connectivity index (χ0n) is 11.0. The first-order chi connectivity index (χ1) is 9.13. The fourth-order valence-electron chi connectivity index (χ4n) is 1.61. The fraction of sp³-hybridized carbons (Fsp3) is 0.429. The smallest absolute Gasteiger partial charge is 0.305 e. The number of benzene rings is 1. The number of hydrogen-bond acceptors (Lipinski definition) is 3. The highest BCUT2D eigenvalue weighted by atomic mass is 16.5. The maximum Gasteiger partial charge on any atom is 0.305 e. The van der Waals surface area contributed by atoms with E-state index in [4.69, 9.17) is 9.84 Å². The molecule has 0 aliphatic heterocycles. The summed E-state index contributed by atoms with van der Waals surface area (Å²) in [6.45, 7) is 2.65. The molecule has 1 rings (SSSR count). The molecule has 0 fully saturated rings. The van der Waals surface area contributed by atoms with Gasteiger partial charge in [-0.25, -0.2) is 0 Å². The van der Waals surface area contributed by atoms with Crippen LogP contribution in [-0.4, -0.2) is 41.6 Å². The van der Waals surface area contributed by atoms with Crippen LogP contribution < -0.4 is 4.74 Å². The minimum Gasteiger partial charge on any atom is -0.484 e. The topological polar surface area (TPSA) is 66.8 Å². The van der Waals surface area contributed by atoms with Gasteiger partial charge in [0.1, 0.15) is 5.75 Å². The Morgan fingerprint density at radius 3 is 2.47 bits per heavy atom. The van der Waals surface area contributed by atoms with E-state index < -0.39 is 5.97 Å². The first-order valence-electron chi connectivity index (χ1n) is 6.31. The number of carboxylic acid groups (broad SMARTS) is 1. The Kier molecular flexibility index (Phi) is 6.43. The molecule has 5 heteroatoms. The molecule has 0 radical (unpaired) electrons. The van der Waals surface area contributed by atoms with Crippen molar-refractivity contribution >= 4 is 11.9 Å². The minimum absolute atomic E-state index is 0.0446. The highest BCUT2D eigenvalue weighted by molar-refractivity contribution is 5.78.